The normalized spacial score (nSPS) is 11.1. The highest BCUT2D eigenvalue weighted by atomic mass is 19.1. The number of halogens is 2. The van der Waals surface area contributed by atoms with Crippen LogP contribution < -0.4 is 5.32 Å². The molecular formula is C22H20F2N4O4. The monoisotopic (exact) mass is 442 g/mol. The number of anilines is 2. The van der Waals surface area contributed by atoms with Crippen LogP contribution in [-0.4, -0.2) is 39.8 Å². The second kappa shape index (κ2) is 9.04. The Kier molecular flexibility index (Phi) is 6.42. The standard InChI is InChI=1S/C22H20F2N4O4/c1-22(2,3)32-20(29)15-9-8-12(11-25-15)26-17-10-16(27-28-19(17)21(30)31-4)18-13(23)6-5-7-14(18)24/h5-11H,1-4H3,(H,26,27). The summed E-state index contributed by atoms with van der Waals surface area (Å²) in [6.07, 6.45) is 1.34. The number of pyridine rings is 1. The Hall–Kier alpha value is -3.95. The maximum Gasteiger partial charge on any atom is 0.360 e. The molecule has 0 aliphatic heterocycles. The van der Waals surface area contributed by atoms with Gasteiger partial charge in [0.1, 0.15) is 28.6 Å². The number of methoxy groups -OCH3 is 1. The summed E-state index contributed by atoms with van der Waals surface area (Å²) in [6, 6.07) is 7.61. The molecule has 0 saturated heterocycles. The van der Waals surface area contributed by atoms with E-state index in [0.717, 1.165) is 19.2 Å². The summed E-state index contributed by atoms with van der Waals surface area (Å²) in [5, 5.41) is 10.4. The number of hydrogen-bond donors (Lipinski definition) is 1. The molecule has 0 aliphatic carbocycles. The first-order valence-electron chi connectivity index (χ1n) is 9.46. The smallest absolute Gasteiger partial charge is 0.360 e. The Balaban J connectivity index is 1.95. The zero-order valence-corrected chi connectivity index (χ0v) is 17.8. The second-order valence-corrected chi connectivity index (χ2v) is 7.64. The van der Waals surface area contributed by atoms with Gasteiger partial charge in [0.25, 0.3) is 0 Å². The fraction of sp³-hybridized carbons (Fsp3) is 0.227. The zero-order chi connectivity index (χ0) is 23.5. The van der Waals surface area contributed by atoms with Crippen LogP contribution in [0.1, 0.15) is 41.7 Å². The van der Waals surface area contributed by atoms with Crippen LogP contribution in [0.4, 0.5) is 20.2 Å². The number of carbonyl (C=O) groups is 2. The summed E-state index contributed by atoms with van der Waals surface area (Å²) in [7, 11) is 1.16. The molecule has 32 heavy (non-hydrogen) atoms. The summed E-state index contributed by atoms with van der Waals surface area (Å²) in [6.45, 7) is 5.21. The third-order valence-corrected chi connectivity index (χ3v) is 4.04. The number of ether oxygens (including phenoxy) is 2. The summed E-state index contributed by atoms with van der Waals surface area (Å²) in [5.41, 5.74) is -0.866. The number of aromatic nitrogens is 3. The highest BCUT2D eigenvalue weighted by Crippen LogP contribution is 2.28. The third kappa shape index (κ3) is 5.20. The van der Waals surface area contributed by atoms with Crippen LogP contribution in [0.5, 0.6) is 0 Å². The van der Waals surface area contributed by atoms with Gasteiger partial charge in [-0.05, 0) is 51.1 Å². The van der Waals surface area contributed by atoms with Gasteiger partial charge in [0, 0.05) is 0 Å². The molecule has 1 aromatic carbocycles. The predicted molar refractivity (Wildman–Crippen MR) is 111 cm³/mol. The molecule has 0 atom stereocenters. The van der Waals surface area contributed by atoms with Crippen LogP contribution >= 0.6 is 0 Å². The molecule has 0 aliphatic rings. The average Bonchev–Trinajstić information content (AvgIpc) is 2.72. The molecule has 2 aromatic heterocycles. The molecule has 0 fully saturated rings. The lowest BCUT2D eigenvalue weighted by atomic mass is 10.1. The second-order valence-electron chi connectivity index (χ2n) is 7.64. The quantitative estimate of drug-likeness (QED) is 0.584. The first-order valence-corrected chi connectivity index (χ1v) is 9.46. The van der Waals surface area contributed by atoms with Crippen molar-refractivity contribution in [2.75, 3.05) is 12.4 Å². The summed E-state index contributed by atoms with van der Waals surface area (Å²) in [5.74, 6) is -3.07. The van der Waals surface area contributed by atoms with Crippen molar-refractivity contribution in [2.24, 2.45) is 0 Å². The molecule has 3 aromatic rings. The lowest BCUT2D eigenvalue weighted by Crippen LogP contribution is -2.24. The van der Waals surface area contributed by atoms with Crippen LogP contribution in [0.25, 0.3) is 11.3 Å². The Labute approximate surface area is 182 Å². The van der Waals surface area contributed by atoms with Crippen molar-refractivity contribution in [2.45, 2.75) is 26.4 Å². The van der Waals surface area contributed by atoms with E-state index in [9.17, 15) is 18.4 Å². The maximum absolute atomic E-state index is 14.2. The van der Waals surface area contributed by atoms with Gasteiger partial charge >= 0.3 is 11.9 Å². The van der Waals surface area contributed by atoms with Crippen molar-refractivity contribution < 1.29 is 27.8 Å². The molecule has 0 spiro atoms. The predicted octanol–water partition coefficient (Wildman–Crippen LogP) is 4.30. The summed E-state index contributed by atoms with van der Waals surface area (Å²) < 4.78 is 38.3. The minimum absolute atomic E-state index is 0.0799. The van der Waals surface area contributed by atoms with Crippen molar-refractivity contribution in [3.05, 3.63) is 65.6 Å². The van der Waals surface area contributed by atoms with Gasteiger partial charge in [-0.1, -0.05) is 6.07 Å². The molecule has 0 amide bonds. The lowest BCUT2D eigenvalue weighted by Gasteiger charge is -2.19. The van der Waals surface area contributed by atoms with Gasteiger partial charge in [-0.25, -0.2) is 23.4 Å². The molecule has 10 heteroatoms. The van der Waals surface area contributed by atoms with Crippen LogP contribution in [0.2, 0.25) is 0 Å². The van der Waals surface area contributed by atoms with E-state index < -0.39 is 34.7 Å². The number of benzene rings is 1. The van der Waals surface area contributed by atoms with Crippen molar-refractivity contribution >= 4 is 23.3 Å². The molecule has 166 valence electrons. The highest BCUT2D eigenvalue weighted by molar-refractivity contribution is 5.95. The topological polar surface area (TPSA) is 103 Å². The van der Waals surface area contributed by atoms with E-state index in [1.54, 1.807) is 20.8 Å². The molecular weight excluding hydrogens is 422 g/mol. The molecule has 3 rings (SSSR count). The number of rotatable bonds is 5. The van der Waals surface area contributed by atoms with Crippen LogP contribution in [0.15, 0.2) is 42.6 Å². The van der Waals surface area contributed by atoms with Crippen LogP contribution in [0, 0.1) is 11.6 Å². The fourth-order valence-electron chi connectivity index (χ4n) is 2.67. The third-order valence-electron chi connectivity index (χ3n) is 4.04. The maximum atomic E-state index is 14.2. The SMILES string of the molecule is COC(=O)c1nnc(-c2c(F)cccc2F)cc1Nc1ccc(C(=O)OC(C)(C)C)nc1. The fourth-order valence-corrected chi connectivity index (χ4v) is 2.67. The number of nitrogens with zero attached hydrogens (tertiary/aromatic N) is 3. The van der Waals surface area contributed by atoms with Crippen molar-refractivity contribution in [1.82, 2.24) is 15.2 Å². The first-order chi connectivity index (χ1) is 15.1. The van der Waals surface area contributed by atoms with Crippen molar-refractivity contribution in [3.63, 3.8) is 0 Å². The Bertz CT molecular complexity index is 1140. The molecule has 0 saturated carbocycles. The summed E-state index contributed by atoms with van der Waals surface area (Å²) >= 11 is 0. The molecule has 0 bridgehead atoms. The molecule has 8 nitrogen and oxygen atoms in total. The van der Waals surface area contributed by atoms with Gasteiger partial charge in [0.15, 0.2) is 5.69 Å². The average molecular weight is 442 g/mol. The van der Waals surface area contributed by atoms with Crippen LogP contribution in [0.3, 0.4) is 0 Å². The lowest BCUT2D eigenvalue weighted by molar-refractivity contribution is 0.00627. The van der Waals surface area contributed by atoms with E-state index in [0.29, 0.717) is 5.69 Å². The van der Waals surface area contributed by atoms with Gasteiger partial charge in [-0.3, -0.25) is 0 Å². The van der Waals surface area contributed by atoms with E-state index in [1.165, 1.54) is 30.5 Å². The van der Waals surface area contributed by atoms with E-state index in [-0.39, 0.29) is 22.8 Å². The number of nitrogens with one attached hydrogen (secondary N) is 1. The summed E-state index contributed by atoms with van der Waals surface area (Å²) in [4.78, 5) is 28.3. The Morgan fingerprint density at radius 1 is 1.00 bits per heavy atom. The van der Waals surface area contributed by atoms with E-state index >= 15 is 0 Å². The minimum Gasteiger partial charge on any atom is -0.464 e. The first kappa shape index (κ1) is 22.7. The van der Waals surface area contributed by atoms with Gasteiger partial charge in [0.2, 0.25) is 0 Å². The highest BCUT2D eigenvalue weighted by Gasteiger charge is 2.21. The molecule has 0 unspecified atom stereocenters. The van der Waals surface area contributed by atoms with Crippen molar-refractivity contribution in [3.8, 4) is 11.3 Å². The molecule has 0 radical (unpaired) electrons. The number of carbonyl (C=O) groups excluding carboxylic acids is 2. The Morgan fingerprint density at radius 2 is 1.69 bits per heavy atom. The zero-order valence-electron chi connectivity index (χ0n) is 17.8. The number of hydrogen-bond acceptors (Lipinski definition) is 8. The number of esters is 2. The van der Waals surface area contributed by atoms with E-state index in [4.69, 9.17) is 9.47 Å². The van der Waals surface area contributed by atoms with Crippen molar-refractivity contribution in [1.29, 1.82) is 0 Å². The van der Waals surface area contributed by atoms with E-state index in [2.05, 4.69) is 20.5 Å². The Morgan fingerprint density at radius 3 is 2.25 bits per heavy atom. The minimum atomic E-state index is -0.834. The van der Waals surface area contributed by atoms with Gasteiger partial charge in [-0.2, -0.15) is 0 Å². The largest absolute Gasteiger partial charge is 0.464 e. The molecule has 2 heterocycles. The van der Waals surface area contributed by atoms with Crippen LogP contribution in [-0.2, 0) is 9.47 Å². The van der Waals surface area contributed by atoms with E-state index in [1.807, 2.05) is 0 Å². The van der Waals surface area contributed by atoms with Gasteiger partial charge < -0.3 is 14.8 Å². The van der Waals surface area contributed by atoms with Gasteiger partial charge in [0.05, 0.1) is 30.2 Å². The molecule has 1 N–H and O–H groups in total. The van der Waals surface area contributed by atoms with Gasteiger partial charge in [-0.15, -0.1) is 10.2 Å².